The lowest BCUT2D eigenvalue weighted by molar-refractivity contribution is -0.421. The second-order valence-corrected chi connectivity index (χ2v) is 2.48. The molecule has 1 aromatic rings. The molecule has 0 aromatic heterocycles. The second kappa shape index (κ2) is 4.68. The number of carbonyl (C=O) groups is 1. The topological polar surface area (TPSA) is 128 Å². The molecule has 0 saturated heterocycles. The Morgan fingerprint density at radius 1 is 1.19 bits per heavy atom. The van der Waals surface area contributed by atoms with Crippen LogP contribution in [0.3, 0.4) is 0 Å². The van der Waals surface area contributed by atoms with E-state index in [1.165, 1.54) is 6.07 Å². The van der Waals surface area contributed by atoms with Crippen molar-refractivity contribution < 1.29 is 14.6 Å². The Balaban J connectivity index is 3.44. The van der Waals surface area contributed by atoms with Gasteiger partial charge in [-0.2, -0.15) is 0 Å². The molecule has 0 radical (unpaired) electrons. The van der Waals surface area contributed by atoms with Gasteiger partial charge in [-0.05, 0) is 6.07 Å². The molecule has 0 spiro atoms. The summed E-state index contributed by atoms with van der Waals surface area (Å²) < 4.78 is 0. The second-order valence-electron chi connectivity index (χ2n) is 2.48. The minimum absolute atomic E-state index is 0.0720. The normalized spacial score (nSPS) is 10.2. The molecular weight excluding hydrogens is 220 g/mol. The average molecular weight is 224 g/mol. The molecule has 0 aliphatic rings. The van der Waals surface area contributed by atoms with Gasteiger partial charge in [0.25, 0.3) is 6.41 Å². The summed E-state index contributed by atoms with van der Waals surface area (Å²) in [6.45, 7) is 0. The predicted molar refractivity (Wildman–Crippen MR) is 50.3 cm³/mol. The van der Waals surface area contributed by atoms with E-state index in [4.69, 9.17) is 0 Å². The van der Waals surface area contributed by atoms with Crippen molar-refractivity contribution in [3.63, 3.8) is 0 Å². The number of para-hydroxylation sites is 1. The van der Waals surface area contributed by atoms with Crippen molar-refractivity contribution >= 4 is 23.5 Å². The lowest BCUT2D eigenvalue weighted by Gasteiger charge is -1.96. The fraction of sp³-hybridized carbons (Fsp3) is 0. The van der Waals surface area contributed by atoms with Gasteiger partial charge in [0.05, 0.1) is 9.85 Å². The standard InChI is InChI=1S/C7H4N4O5/c12-4-8-9-5-2-1-3-6(10(13)14)7(5)11(15)16/h1-4H. The monoisotopic (exact) mass is 224 g/mol. The van der Waals surface area contributed by atoms with Gasteiger partial charge in [-0.25, -0.2) is 0 Å². The van der Waals surface area contributed by atoms with E-state index in [1.54, 1.807) is 0 Å². The molecule has 1 rings (SSSR count). The maximum atomic E-state index is 10.6. The Kier molecular flexibility index (Phi) is 3.33. The molecule has 0 fully saturated rings. The van der Waals surface area contributed by atoms with Gasteiger partial charge in [0, 0.05) is 6.07 Å². The first kappa shape index (κ1) is 11.4. The smallest absolute Gasteiger partial charge is 0.275 e. The summed E-state index contributed by atoms with van der Waals surface area (Å²) in [5.74, 6) is 0. The molecule has 0 bridgehead atoms. The highest BCUT2D eigenvalue weighted by molar-refractivity contribution is 5.68. The summed E-state index contributed by atoms with van der Waals surface area (Å²) in [6, 6.07) is 3.33. The Morgan fingerprint density at radius 2 is 1.88 bits per heavy atom. The molecule has 1 aromatic carbocycles. The third-order valence-electron chi connectivity index (χ3n) is 1.59. The van der Waals surface area contributed by atoms with E-state index in [0.29, 0.717) is 0 Å². The van der Waals surface area contributed by atoms with E-state index in [9.17, 15) is 25.0 Å². The molecule has 0 unspecified atom stereocenters. The van der Waals surface area contributed by atoms with Crippen molar-refractivity contribution in [3.8, 4) is 0 Å². The first-order valence-corrected chi connectivity index (χ1v) is 3.84. The van der Waals surface area contributed by atoms with Crippen LogP contribution in [0.5, 0.6) is 0 Å². The van der Waals surface area contributed by atoms with Crippen LogP contribution in [0.1, 0.15) is 0 Å². The van der Waals surface area contributed by atoms with Crippen molar-refractivity contribution in [1.29, 1.82) is 0 Å². The zero-order chi connectivity index (χ0) is 12.1. The zero-order valence-electron chi connectivity index (χ0n) is 7.64. The van der Waals surface area contributed by atoms with Crippen LogP contribution in [0.4, 0.5) is 17.1 Å². The largest absolute Gasteiger partial charge is 0.373 e. The molecular formula is C7H4N4O5. The number of nitro groups is 2. The predicted octanol–water partition coefficient (Wildman–Crippen LogP) is 1.74. The molecule has 0 atom stereocenters. The molecule has 0 aliphatic carbocycles. The van der Waals surface area contributed by atoms with Crippen molar-refractivity contribution in [2.45, 2.75) is 0 Å². The Morgan fingerprint density at radius 3 is 2.38 bits per heavy atom. The molecule has 0 saturated carbocycles. The van der Waals surface area contributed by atoms with E-state index in [1.807, 2.05) is 0 Å². The van der Waals surface area contributed by atoms with Gasteiger partial charge in [-0.15, -0.1) is 10.2 Å². The maximum absolute atomic E-state index is 10.6. The van der Waals surface area contributed by atoms with Gasteiger partial charge in [0.2, 0.25) is 0 Å². The molecule has 0 heterocycles. The lowest BCUT2D eigenvalue weighted by atomic mass is 10.2. The molecule has 82 valence electrons. The van der Waals surface area contributed by atoms with Gasteiger partial charge in [0.1, 0.15) is 0 Å². The fourth-order valence-corrected chi connectivity index (χ4v) is 1.02. The highest BCUT2D eigenvalue weighted by Crippen LogP contribution is 2.36. The summed E-state index contributed by atoms with van der Waals surface area (Å²) in [7, 11) is 0. The fourth-order valence-electron chi connectivity index (χ4n) is 1.02. The van der Waals surface area contributed by atoms with Gasteiger partial charge < -0.3 is 0 Å². The van der Waals surface area contributed by atoms with E-state index in [2.05, 4.69) is 10.2 Å². The van der Waals surface area contributed by atoms with Crippen LogP contribution in [0.15, 0.2) is 28.4 Å². The lowest BCUT2D eigenvalue weighted by Crippen LogP contribution is -1.96. The highest BCUT2D eigenvalue weighted by atomic mass is 16.6. The number of azo groups is 1. The highest BCUT2D eigenvalue weighted by Gasteiger charge is 2.28. The van der Waals surface area contributed by atoms with Gasteiger partial charge in [-0.1, -0.05) is 6.07 Å². The van der Waals surface area contributed by atoms with Crippen LogP contribution >= 0.6 is 0 Å². The third-order valence-corrected chi connectivity index (χ3v) is 1.59. The van der Waals surface area contributed by atoms with Crippen LogP contribution in [0.2, 0.25) is 0 Å². The number of benzene rings is 1. The van der Waals surface area contributed by atoms with Crippen molar-refractivity contribution in [2.75, 3.05) is 0 Å². The van der Waals surface area contributed by atoms with Crippen molar-refractivity contribution in [1.82, 2.24) is 0 Å². The summed E-state index contributed by atoms with van der Waals surface area (Å²) in [4.78, 5) is 29.2. The number of nitrogens with zero attached hydrogens (tertiary/aromatic N) is 4. The summed E-state index contributed by atoms with van der Waals surface area (Å²) in [6.07, 6.45) is 0.0720. The molecule has 9 heteroatoms. The third kappa shape index (κ3) is 2.20. The Bertz CT molecular complexity index is 484. The first-order chi connectivity index (χ1) is 7.57. The number of amides is 1. The zero-order valence-corrected chi connectivity index (χ0v) is 7.64. The van der Waals surface area contributed by atoms with Crippen LogP contribution in [-0.2, 0) is 4.79 Å². The Labute approximate surface area is 87.7 Å². The van der Waals surface area contributed by atoms with Crippen molar-refractivity contribution in [2.24, 2.45) is 10.2 Å². The number of nitro benzene ring substituents is 2. The van der Waals surface area contributed by atoms with Gasteiger partial charge in [0.15, 0.2) is 5.69 Å². The van der Waals surface area contributed by atoms with E-state index < -0.39 is 21.2 Å². The van der Waals surface area contributed by atoms with Gasteiger partial charge >= 0.3 is 11.4 Å². The molecule has 9 nitrogen and oxygen atoms in total. The van der Waals surface area contributed by atoms with Crippen LogP contribution < -0.4 is 0 Å². The van der Waals surface area contributed by atoms with Crippen LogP contribution in [0.25, 0.3) is 0 Å². The van der Waals surface area contributed by atoms with Gasteiger partial charge in [-0.3, -0.25) is 25.0 Å². The number of hydrogen-bond donors (Lipinski definition) is 0. The molecule has 0 N–H and O–H groups in total. The number of carbonyl (C=O) groups excluding carboxylic acids is 1. The molecule has 16 heavy (non-hydrogen) atoms. The SMILES string of the molecule is O=CN=Nc1cccc([N+](=O)[O-])c1[N+](=O)[O-]. The van der Waals surface area contributed by atoms with Crippen LogP contribution in [0, 0.1) is 20.2 Å². The summed E-state index contributed by atoms with van der Waals surface area (Å²) in [5, 5.41) is 27.2. The summed E-state index contributed by atoms with van der Waals surface area (Å²) >= 11 is 0. The summed E-state index contributed by atoms with van der Waals surface area (Å²) in [5.41, 5.74) is -1.84. The number of hydrogen-bond acceptors (Lipinski definition) is 6. The average Bonchev–Trinajstić information content (AvgIpc) is 2.25. The Hall–Kier alpha value is -2.71. The van der Waals surface area contributed by atoms with E-state index >= 15 is 0 Å². The van der Waals surface area contributed by atoms with Crippen LogP contribution in [-0.4, -0.2) is 16.3 Å². The maximum Gasteiger partial charge on any atom is 0.373 e. The number of rotatable bonds is 4. The van der Waals surface area contributed by atoms with E-state index in [-0.39, 0.29) is 12.1 Å². The minimum atomic E-state index is -0.947. The quantitative estimate of drug-likeness (QED) is 0.333. The first-order valence-electron chi connectivity index (χ1n) is 3.84. The molecule has 1 amide bonds. The van der Waals surface area contributed by atoms with E-state index in [0.717, 1.165) is 12.1 Å². The molecule has 0 aliphatic heterocycles. The minimum Gasteiger partial charge on any atom is -0.275 e. The van der Waals surface area contributed by atoms with Crippen molar-refractivity contribution in [3.05, 3.63) is 38.4 Å².